The van der Waals surface area contributed by atoms with E-state index in [-0.39, 0.29) is 11.9 Å². The molecule has 1 N–H and O–H groups in total. The van der Waals surface area contributed by atoms with Crippen molar-refractivity contribution < 1.29 is 9.32 Å². The summed E-state index contributed by atoms with van der Waals surface area (Å²) in [7, 11) is 0. The van der Waals surface area contributed by atoms with Crippen molar-refractivity contribution in [2.24, 2.45) is 0 Å². The average molecular weight is 324 g/mol. The predicted molar refractivity (Wildman–Crippen MR) is 89.5 cm³/mol. The lowest BCUT2D eigenvalue weighted by atomic mass is 10.1. The van der Waals surface area contributed by atoms with Crippen LogP contribution in [0, 0.1) is 13.8 Å². The fraction of sp³-hybridized carbons (Fsp3) is 0.389. The van der Waals surface area contributed by atoms with Gasteiger partial charge in [-0.3, -0.25) is 4.79 Å². The largest absolute Gasteiger partial charge is 0.361 e. The van der Waals surface area contributed by atoms with E-state index >= 15 is 0 Å². The van der Waals surface area contributed by atoms with E-state index in [9.17, 15) is 4.79 Å². The van der Waals surface area contributed by atoms with Crippen LogP contribution in [0.15, 0.2) is 28.8 Å². The van der Waals surface area contributed by atoms with Gasteiger partial charge in [0.05, 0.1) is 29.2 Å². The molecule has 1 fully saturated rings. The summed E-state index contributed by atoms with van der Waals surface area (Å²) in [5.74, 6) is 1.70. The van der Waals surface area contributed by atoms with Gasteiger partial charge in [-0.1, -0.05) is 17.3 Å². The van der Waals surface area contributed by atoms with Crippen LogP contribution in [0.4, 0.5) is 0 Å². The number of hydrogen-bond donors (Lipinski definition) is 1. The maximum atomic E-state index is 12.8. The molecule has 4 rings (SSSR count). The molecule has 1 aliphatic heterocycles. The molecule has 6 nitrogen and oxygen atoms in total. The highest BCUT2D eigenvalue weighted by Crippen LogP contribution is 2.32. The fourth-order valence-corrected chi connectivity index (χ4v) is 3.49. The zero-order valence-corrected chi connectivity index (χ0v) is 13.9. The first-order valence-corrected chi connectivity index (χ1v) is 8.29. The molecule has 3 aromatic rings. The number of nitrogens with zero attached hydrogens (tertiary/aromatic N) is 3. The van der Waals surface area contributed by atoms with Crippen LogP contribution in [0.3, 0.4) is 0 Å². The number of fused-ring (bicyclic) bond motifs is 1. The van der Waals surface area contributed by atoms with Crippen molar-refractivity contribution in [2.75, 3.05) is 6.54 Å². The van der Waals surface area contributed by atoms with Gasteiger partial charge in [-0.05, 0) is 38.8 Å². The van der Waals surface area contributed by atoms with Gasteiger partial charge in [-0.25, -0.2) is 4.98 Å². The molecule has 0 radical (unpaired) electrons. The summed E-state index contributed by atoms with van der Waals surface area (Å²) in [6.45, 7) is 4.49. The molecular weight excluding hydrogens is 304 g/mol. The quantitative estimate of drug-likeness (QED) is 0.803. The van der Waals surface area contributed by atoms with E-state index in [0.717, 1.165) is 53.3 Å². The molecule has 1 amide bonds. The normalized spacial score (nSPS) is 17.8. The van der Waals surface area contributed by atoms with Crippen molar-refractivity contribution in [1.29, 1.82) is 0 Å². The second kappa shape index (κ2) is 5.78. The minimum absolute atomic E-state index is 0.0189. The number of aryl methyl sites for hydroxylation is 2. The molecule has 0 saturated carbocycles. The van der Waals surface area contributed by atoms with E-state index in [0.29, 0.717) is 6.42 Å². The Labute approximate surface area is 139 Å². The Balaban J connectivity index is 1.59. The molecule has 1 saturated heterocycles. The zero-order valence-electron chi connectivity index (χ0n) is 13.9. The van der Waals surface area contributed by atoms with Crippen LogP contribution < -0.4 is 0 Å². The summed E-state index contributed by atoms with van der Waals surface area (Å²) in [4.78, 5) is 22.8. The third kappa shape index (κ3) is 2.48. The second-order valence-electron chi connectivity index (χ2n) is 6.36. The SMILES string of the molecule is Cc1noc(C)c1CC(=O)N1CCC[C@H]1c1nc2ccccc2[nH]1. The van der Waals surface area contributed by atoms with E-state index in [2.05, 4.69) is 15.1 Å². The third-order valence-electron chi connectivity index (χ3n) is 4.81. The van der Waals surface area contributed by atoms with Crippen LogP contribution in [0.5, 0.6) is 0 Å². The molecule has 0 spiro atoms. The van der Waals surface area contributed by atoms with Crippen LogP contribution in [0.2, 0.25) is 0 Å². The molecule has 2 aromatic heterocycles. The van der Waals surface area contributed by atoms with Crippen molar-refractivity contribution >= 4 is 16.9 Å². The van der Waals surface area contributed by atoms with Crippen LogP contribution in [0.1, 0.15) is 41.7 Å². The summed E-state index contributed by atoms with van der Waals surface area (Å²) >= 11 is 0. The number of amides is 1. The number of carbonyl (C=O) groups is 1. The Morgan fingerprint density at radius 3 is 2.96 bits per heavy atom. The first kappa shape index (κ1) is 14.9. The minimum atomic E-state index is 0.0189. The number of rotatable bonds is 3. The molecule has 1 aromatic carbocycles. The molecular formula is C18H20N4O2. The molecule has 1 atom stereocenters. The first-order valence-electron chi connectivity index (χ1n) is 8.29. The highest BCUT2D eigenvalue weighted by Gasteiger charge is 2.32. The second-order valence-corrected chi connectivity index (χ2v) is 6.36. The lowest BCUT2D eigenvalue weighted by Crippen LogP contribution is -2.32. The van der Waals surface area contributed by atoms with Crippen molar-refractivity contribution in [1.82, 2.24) is 20.0 Å². The number of imidazole rings is 1. The maximum Gasteiger partial charge on any atom is 0.227 e. The minimum Gasteiger partial charge on any atom is -0.361 e. The van der Waals surface area contributed by atoms with Gasteiger partial charge in [0, 0.05) is 12.1 Å². The van der Waals surface area contributed by atoms with Crippen molar-refractivity contribution in [3.8, 4) is 0 Å². The predicted octanol–water partition coefficient (Wildman–Crippen LogP) is 3.07. The monoisotopic (exact) mass is 324 g/mol. The van der Waals surface area contributed by atoms with Gasteiger partial charge in [0.25, 0.3) is 0 Å². The average Bonchev–Trinajstić information content (AvgIpc) is 3.28. The van der Waals surface area contributed by atoms with E-state index in [1.165, 1.54) is 0 Å². The van der Waals surface area contributed by atoms with Crippen LogP contribution in [0.25, 0.3) is 11.0 Å². The number of nitrogens with one attached hydrogen (secondary N) is 1. The Hall–Kier alpha value is -2.63. The van der Waals surface area contributed by atoms with Crippen LogP contribution >= 0.6 is 0 Å². The van der Waals surface area contributed by atoms with Crippen molar-refractivity contribution in [3.05, 3.63) is 47.1 Å². The molecule has 6 heteroatoms. The van der Waals surface area contributed by atoms with Gasteiger partial charge in [-0.15, -0.1) is 0 Å². The number of para-hydroxylation sites is 2. The molecule has 1 aliphatic rings. The van der Waals surface area contributed by atoms with Gasteiger partial charge in [0.15, 0.2) is 0 Å². The van der Waals surface area contributed by atoms with Crippen LogP contribution in [-0.4, -0.2) is 32.5 Å². The van der Waals surface area contributed by atoms with E-state index in [1.54, 1.807) is 0 Å². The number of H-pyrrole nitrogens is 1. The Bertz CT molecular complexity index is 843. The number of aromatic amines is 1. The Morgan fingerprint density at radius 2 is 2.21 bits per heavy atom. The summed E-state index contributed by atoms with van der Waals surface area (Å²) in [6.07, 6.45) is 2.26. The number of aromatic nitrogens is 3. The van der Waals surface area contributed by atoms with Gasteiger partial charge >= 0.3 is 0 Å². The number of hydrogen-bond acceptors (Lipinski definition) is 4. The molecule has 0 unspecified atom stereocenters. The third-order valence-corrected chi connectivity index (χ3v) is 4.81. The van der Waals surface area contributed by atoms with Gasteiger partial charge in [-0.2, -0.15) is 0 Å². The summed E-state index contributed by atoms with van der Waals surface area (Å²) in [5.41, 5.74) is 3.64. The topological polar surface area (TPSA) is 75.0 Å². The van der Waals surface area contributed by atoms with Gasteiger partial charge in [0.2, 0.25) is 5.91 Å². The number of benzene rings is 1. The Morgan fingerprint density at radius 1 is 1.38 bits per heavy atom. The molecule has 3 heterocycles. The van der Waals surface area contributed by atoms with Crippen molar-refractivity contribution in [3.63, 3.8) is 0 Å². The smallest absolute Gasteiger partial charge is 0.227 e. The summed E-state index contributed by atoms with van der Waals surface area (Å²) < 4.78 is 5.17. The highest BCUT2D eigenvalue weighted by molar-refractivity contribution is 5.80. The zero-order chi connectivity index (χ0) is 16.7. The van der Waals surface area contributed by atoms with Crippen molar-refractivity contribution in [2.45, 2.75) is 39.2 Å². The van der Waals surface area contributed by atoms with Gasteiger partial charge < -0.3 is 14.4 Å². The number of likely N-dealkylation sites (tertiary alicyclic amines) is 1. The first-order chi connectivity index (χ1) is 11.6. The van der Waals surface area contributed by atoms with E-state index in [1.807, 2.05) is 43.0 Å². The summed E-state index contributed by atoms with van der Waals surface area (Å²) in [5, 5.41) is 3.94. The molecule has 0 aliphatic carbocycles. The molecule has 124 valence electrons. The fourth-order valence-electron chi connectivity index (χ4n) is 3.49. The summed E-state index contributed by atoms with van der Waals surface area (Å²) in [6, 6.07) is 7.98. The molecule has 0 bridgehead atoms. The van der Waals surface area contributed by atoms with E-state index < -0.39 is 0 Å². The Kier molecular flexibility index (Phi) is 3.59. The lowest BCUT2D eigenvalue weighted by molar-refractivity contribution is -0.131. The number of carbonyl (C=O) groups excluding carboxylic acids is 1. The maximum absolute atomic E-state index is 12.8. The van der Waals surface area contributed by atoms with Crippen LogP contribution in [-0.2, 0) is 11.2 Å². The standard InChI is InChI=1S/C18H20N4O2/c1-11-13(12(2)24-21-11)10-17(23)22-9-5-8-16(22)18-19-14-6-3-4-7-15(14)20-18/h3-4,6-7,16H,5,8-10H2,1-2H3,(H,19,20)/t16-/m0/s1. The van der Waals surface area contributed by atoms with E-state index in [4.69, 9.17) is 4.52 Å². The lowest BCUT2D eigenvalue weighted by Gasteiger charge is -2.23. The highest BCUT2D eigenvalue weighted by atomic mass is 16.5. The van der Waals surface area contributed by atoms with Gasteiger partial charge in [0.1, 0.15) is 11.6 Å². The molecule has 24 heavy (non-hydrogen) atoms.